The van der Waals surface area contributed by atoms with Crippen LogP contribution in [0.1, 0.15) is 33.9 Å². The number of ether oxygens (including phenoxy) is 1. The molecule has 0 bridgehead atoms. The van der Waals surface area contributed by atoms with Crippen molar-refractivity contribution in [1.82, 2.24) is 9.55 Å². The fourth-order valence-corrected chi connectivity index (χ4v) is 11.4. The molecule has 0 spiro atoms. The molecule has 1 aliphatic heterocycles. The molecule has 4 atom stereocenters. The monoisotopic (exact) mass is 720 g/mol. The predicted molar refractivity (Wildman–Crippen MR) is 168 cm³/mol. The highest BCUT2D eigenvalue weighted by Crippen LogP contribution is 2.47. The van der Waals surface area contributed by atoms with Crippen LogP contribution >= 0.6 is 0 Å². The lowest BCUT2D eigenvalue weighted by atomic mass is 9.88. The van der Waals surface area contributed by atoms with E-state index in [-0.39, 0.29) is 0 Å². The number of halogens is 3. The molecule has 2 aromatic carbocycles. The Labute approximate surface area is 270 Å². The Kier molecular flexibility index (Phi) is 10.2. The van der Waals surface area contributed by atoms with Crippen molar-refractivity contribution < 1.29 is 47.5 Å². The second kappa shape index (κ2) is 13.1. The first-order valence-corrected chi connectivity index (χ1v) is 19.4. The van der Waals surface area contributed by atoms with Crippen LogP contribution in [0.15, 0.2) is 82.5 Å². The number of aromatic amines is 1. The first-order chi connectivity index (χ1) is 21.6. The van der Waals surface area contributed by atoms with Gasteiger partial charge < -0.3 is 9.16 Å². The summed E-state index contributed by atoms with van der Waals surface area (Å²) in [6, 6.07) is 19.2. The Hall–Kier alpha value is -3.13. The van der Waals surface area contributed by atoms with Crippen molar-refractivity contribution in [1.29, 1.82) is 0 Å². The summed E-state index contributed by atoms with van der Waals surface area (Å²) < 4.78 is 114. The van der Waals surface area contributed by atoms with E-state index < -0.39 is 87.4 Å². The quantitative estimate of drug-likeness (QED) is 0.177. The van der Waals surface area contributed by atoms with Crippen LogP contribution in [-0.2, 0) is 37.8 Å². The van der Waals surface area contributed by atoms with Crippen molar-refractivity contribution in [2.75, 3.05) is 19.5 Å². The first-order valence-electron chi connectivity index (χ1n) is 14.2. The third-order valence-corrected chi connectivity index (χ3v) is 14.6. The maximum Gasteiger partial charge on any atom is 0.523 e. The summed E-state index contributed by atoms with van der Waals surface area (Å²) in [5, 5.41) is 0.968. The zero-order valence-corrected chi connectivity index (χ0v) is 28.7. The second-order valence-corrected chi connectivity index (χ2v) is 19.8. The van der Waals surface area contributed by atoms with Gasteiger partial charge in [-0.25, -0.2) is 4.79 Å². The fraction of sp³-hybridized carbons (Fsp3) is 0.448. The van der Waals surface area contributed by atoms with Crippen LogP contribution in [0.25, 0.3) is 0 Å². The Morgan fingerprint density at radius 2 is 1.45 bits per heavy atom. The number of aromatic nitrogens is 2. The molecule has 0 unspecified atom stereocenters. The van der Waals surface area contributed by atoms with Gasteiger partial charge in [-0.2, -0.15) is 30.0 Å². The first kappa shape index (κ1) is 36.7. The minimum atomic E-state index is -6.28. The molecule has 0 amide bonds. The van der Waals surface area contributed by atoms with Gasteiger partial charge in [0.15, 0.2) is 6.23 Å². The standard InChI is InChI=1S/C29H35F3N2O10S2Si/c1-20-24(44-46(39,40)29(30,31)32)25(34-17-16-23(35)33-26(34)36)43-28(20,18-41-45(5,37)38)19-42-47(27(2,3)4,21-12-8-6-9-13-21)22-14-10-7-11-15-22/h6-17,20,24-25H,18-19H2,1-5H3,(H,33,35,36)/t20-,24-,25+,28+/m0/s1. The number of H-pyrrole nitrogens is 1. The lowest BCUT2D eigenvalue weighted by Gasteiger charge is -2.45. The zero-order chi connectivity index (χ0) is 35.1. The summed E-state index contributed by atoms with van der Waals surface area (Å²) in [5.74, 6) is -1.43. The number of hydrogen-bond donors (Lipinski definition) is 1. The summed E-state index contributed by atoms with van der Waals surface area (Å²) in [4.78, 5) is 26.6. The van der Waals surface area contributed by atoms with Crippen LogP contribution in [0.5, 0.6) is 0 Å². The van der Waals surface area contributed by atoms with Gasteiger partial charge in [0.05, 0.1) is 19.5 Å². The molecule has 0 aliphatic carbocycles. The SMILES string of the molecule is C[C@H]1[C@H](OS(=O)(=O)C(F)(F)F)[C@H](n2ccc(=O)[nH]c2=O)O[C@@]1(CO[Si](c1ccccc1)(c1ccccc1)C(C)(C)C)COS(C)(=O)=O. The molecule has 0 saturated carbocycles. The minimum absolute atomic E-state index is 0.544. The van der Waals surface area contributed by atoms with Gasteiger partial charge in [0.2, 0.25) is 0 Å². The van der Waals surface area contributed by atoms with Gasteiger partial charge in [-0.15, -0.1) is 0 Å². The molecule has 12 nitrogen and oxygen atoms in total. The fourth-order valence-electron chi connectivity index (χ4n) is 5.71. The summed E-state index contributed by atoms with van der Waals surface area (Å²) >= 11 is 0. The summed E-state index contributed by atoms with van der Waals surface area (Å²) in [6.45, 7) is 5.71. The molecule has 18 heteroatoms. The topological polar surface area (TPSA) is 160 Å². The molecule has 1 saturated heterocycles. The second-order valence-electron chi connectivity index (χ2n) is 12.3. The van der Waals surface area contributed by atoms with Crippen molar-refractivity contribution in [3.8, 4) is 0 Å². The molecular formula is C29H35F3N2O10S2Si. The highest BCUT2D eigenvalue weighted by atomic mass is 32.2. The van der Waals surface area contributed by atoms with E-state index in [0.717, 1.165) is 28.9 Å². The van der Waals surface area contributed by atoms with Crippen LogP contribution in [0.2, 0.25) is 5.04 Å². The van der Waals surface area contributed by atoms with E-state index >= 15 is 0 Å². The molecular weight excluding hydrogens is 686 g/mol. The zero-order valence-electron chi connectivity index (χ0n) is 26.1. The molecule has 1 aliphatic rings. The normalized spacial score (nSPS) is 22.8. The highest BCUT2D eigenvalue weighted by Gasteiger charge is 2.61. The lowest BCUT2D eigenvalue weighted by Crippen LogP contribution is -2.68. The smallest absolute Gasteiger partial charge is 0.404 e. The van der Waals surface area contributed by atoms with Crippen molar-refractivity contribution >= 4 is 38.9 Å². The van der Waals surface area contributed by atoms with Crippen LogP contribution in [0.4, 0.5) is 13.2 Å². The predicted octanol–water partition coefficient (Wildman–Crippen LogP) is 2.23. The van der Waals surface area contributed by atoms with E-state index in [1.54, 1.807) is 0 Å². The highest BCUT2D eigenvalue weighted by molar-refractivity contribution is 7.87. The van der Waals surface area contributed by atoms with Crippen molar-refractivity contribution in [2.24, 2.45) is 5.92 Å². The summed E-state index contributed by atoms with van der Waals surface area (Å²) in [6.07, 6.45) is -2.35. The Balaban J connectivity index is 1.93. The van der Waals surface area contributed by atoms with Gasteiger partial charge in [-0.3, -0.25) is 22.7 Å². The van der Waals surface area contributed by atoms with Gasteiger partial charge in [-0.05, 0) is 15.4 Å². The average molecular weight is 721 g/mol. The Bertz CT molecular complexity index is 1860. The van der Waals surface area contributed by atoms with E-state index in [1.165, 1.54) is 6.92 Å². The van der Waals surface area contributed by atoms with Crippen molar-refractivity contribution in [3.63, 3.8) is 0 Å². The molecule has 0 radical (unpaired) electrons. The van der Waals surface area contributed by atoms with E-state index in [1.807, 2.05) is 86.4 Å². The minimum Gasteiger partial charge on any atom is -0.404 e. The molecule has 3 aromatic rings. The third kappa shape index (κ3) is 7.47. The molecule has 47 heavy (non-hydrogen) atoms. The van der Waals surface area contributed by atoms with Crippen molar-refractivity contribution in [2.45, 2.75) is 56.2 Å². The van der Waals surface area contributed by atoms with Gasteiger partial charge in [0, 0.05) is 18.2 Å². The maximum absolute atomic E-state index is 13.6. The molecule has 1 fully saturated rings. The van der Waals surface area contributed by atoms with E-state index in [0.29, 0.717) is 4.57 Å². The van der Waals surface area contributed by atoms with Gasteiger partial charge in [0.25, 0.3) is 24.0 Å². The Morgan fingerprint density at radius 3 is 1.89 bits per heavy atom. The summed E-state index contributed by atoms with van der Waals surface area (Å²) in [7, 11) is -13.9. The number of nitrogens with one attached hydrogen (secondary N) is 1. The maximum atomic E-state index is 13.6. The van der Waals surface area contributed by atoms with Gasteiger partial charge >= 0.3 is 21.3 Å². The van der Waals surface area contributed by atoms with E-state index in [9.17, 15) is 39.6 Å². The molecule has 2 heterocycles. The van der Waals surface area contributed by atoms with Crippen LogP contribution < -0.4 is 21.6 Å². The molecule has 4 rings (SSSR count). The van der Waals surface area contributed by atoms with Crippen molar-refractivity contribution in [3.05, 3.63) is 93.8 Å². The molecule has 1 aromatic heterocycles. The Morgan fingerprint density at radius 1 is 0.915 bits per heavy atom. The number of hydrogen-bond acceptors (Lipinski definition) is 10. The number of benzene rings is 2. The average Bonchev–Trinajstić information content (AvgIpc) is 3.22. The number of nitrogens with zero attached hydrogens (tertiary/aromatic N) is 1. The van der Waals surface area contributed by atoms with Gasteiger partial charge in [-0.1, -0.05) is 88.4 Å². The van der Waals surface area contributed by atoms with Crippen LogP contribution in [-0.4, -0.2) is 71.4 Å². The van der Waals surface area contributed by atoms with E-state index in [4.69, 9.17) is 17.5 Å². The van der Waals surface area contributed by atoms with E-state index in [2.05, 4.69) is 0 Å². The molecule has 258 valence electrons. The van der Waals surface area contributed by atoms with Crippen LogP contribution in [0.3, 0.4) is 0 Å². The van der Waals surface area contributed by atoms with Crippen LogP contribution in [0, 0.1) is 5.92 Å². The lowest BCUT2D eigenvalue weighted by molar-refractivity contribution is -0.129. The number of alkyl halides is 3. The number of rotatable bonds is 11. The molecule has 1 N–H and O–H groups in total. The van der Waals surface area contributed by atoms with Gasteiger partial charge in [0.1, 0.15) is 11.7 Å². The largest absolute Gasteiger partial charge is 0.523 e. The third-order valence-electron chi connectivity index (χ3n) is 8.07. The summed E-state index contributed by atoms with van der Waals surface area (Å²) in [5.41, 5.74) is -9.88.